The lowest BCUT2D eigenvalue weighted by atomic mass is 9.69. The second kappa shape index (κ2) is 7.63. The Morgan fingerprint density at radius 2 is 1.22 bits per heavy atom. The number of thiophene rings is 1. The van der Waals surface area contributed by atoms with Crippen molar-refractivity contribution in [3.05, 3.63) is 156 Å². The van der Waals surface area contributed by atoms with Crippen molar-refractivity contribution in [2.24, 2.45) is 0 Å². The number of rotatable bonds is 2. The maximum Gasteiger partial charge on any atom is 0.143 e. The Balaban J connectivity index is 1.32. The summed E-state index contributed by atoms with van der Waals surface area (Å²) in [7, 11) is 0. The molecular formula is C39H22OS. The third kappa shape index (κ3) is 2.58. The van der Waals surface area contributed by atoms with Gasteiger partial charge < -0.3 is 4.42 Å². The number of fused-ring (bicyclic) bond motifs is 11. The molecule has 0 amide bonds. The van der Waals surface area contributed by atoms with Crippen LogP contribution in [0.25, 0.3) is 64.7 Å². The standard InChI is InChI=1S/C39H22OS/c1-4-19-32-26(12-1)28-16-9-18-31-35(28)39(32,36-30-14-3-6-21-34(30)41-38(31)36)24-11-7-10-23(22-24)25-15-8-17-29-27-13-2-5-20-33(27)40-37(25)29/h1-22H. The van der Waals surface area contributed by atoms with Gasteiger partial charge in [0.05, 0.1) is 5.41 Å². The summed E-state index contributed by atoms with van der Waals surface area (Å²) in [6.07, 6.45) is 0. The van der Waals surface area contributed by atoms with E-state index in [0.717, 1.165) is 27.5 Å². The largest absolute Gasteiger partial charge is 0.455 e. The van der Waals surface area contributed by atoms with E-state index in [2.05, 4.69) is 127 Å². The van der Waals surface area contributed by atoms with Crippen molar-refractivity contribution in [2.75, 3.05) is 0 Å². The maximum atomic E-state index is 6.48. The summed E-state index contributed by atoms with van der Waals surface area (Å²) in [5.74, 6) is 0. The lowest BCUT2D eigenvalue weighted by molar-refractivity contribution is 0.670. The minimum Gasteiger partial charge on any atom is -0.455 e. The first kappa shape index (κ1) is 21.8. The van der Waals surface area contributed by atoms with Crippen molar-refractivity contribution >= 4 is 43.4 Å². The Labute approximate surface area is 240 Å². The highest BCUT2D eigenvalue weighted by Crippen LogP contribution is 2.67. The van der Waals surface area contributed by atoms with E-state index in [9.17, 15) is 0 Å². The van der Waals surface area contributed by atoms with Gasteiger partial charge in [0.2, 0.25) is 0 Å². The van der Waals surface area contributed by atoms with Gasteiger partial charge in [-0.2, -0.15) is 0 Å². The first-order chi connectivity index (χ1) is 20.3. The van der Waals surface area contributed by atoms with Crippen LogP contribution in [0.2, 0.25) is 0 Å². The Hall–Kier alpha value is -4.92. The minimum absolute atomic E-state index is 0.366. The van der Waals surface area contributed by atoms with Gasteiger partial charge in [0.25, 0.3) is 0 Å². The SMILES string of the molecule is c1cc(-c2cccc3c2oc2ccccc23)cc(C23c4ccccc4-c4cccc(c42)-c2sc4ccccc4c23)c1. The zero-order valence-corrected chi connectivity index (χ0v) is 22.8. The average Bonchev–Trinajstić information content (AvgIpc) is 3.76. The van der Waals surface area contributed by atoms with Crippen LogP contribution in [0, 0.1) is 0 Å². The van der Waals surface area contributed by atoms with E-state index in [4.69, 9.17) is 4.42 Å². The van der Waals surface area contributed by atoms with Crippen LogP contribution in [-0.4, -0.2) is 0 Å². The molecule has 0 radical (unpaired) electrons. The third-order valence-corrected chi connectivity index (χ3v) is 10.5. The highest BCUT2D eigenvalue weighted by molar-refractivity contribution is 7.22. The number of hydrogen-bond donors (Lipinski definition) is 0. The Morgan fingerprint density at radius 1 is 0.512 bits per heavy atom. The second-order valence-corrected chi connectivity index (χ2v) is 12.2. The summed E-state index contributed by atoms with van der Waals surface area (Å²) < 4.78 is 7.83. The molecule has 0 fully saturated rings. The average molecular weight is 539 g/mol. The summed E-state index contributed by atoms with van der Waals surface area (Å²) in [4.78, 5) is 1.40. The van der Waals surface area contributed by atoms with E-state index in [1.807, 2.05) is 17.4 Å². The van der Waals surface area contributed by atoms with E-state index in [0.29, 0.717) is 0 Å². The molecule has 0 N–H and O–H groups in total. The third-order valence-electron chi connectivity index (χ3n) is 9.29. The smallest absolute Gasteiger partial charge is 0.143 e. The first-order valence-corrected chi connectivity index (χ1v) is 14.9. The lowest BCUT2D eigenvalue weighted by Gasteiger charge is -2.31. The van der Waals surface area contributed by atoms with Crippen LogP contribution in [0.15, 0.2) is 138 Å². The molecule has 8 aromatic rings. The predicted octanol–water partition coefficient (Wildman–Crippen LogP) is 10.8. The molecule has 1 nitrogen and oxygen atoms in total. The second-order valence-electron chi connectivity index (χ2n) is 11.2. The molecule has 2 aliphatic rings. The van der Waals surface area contributed by atoms with Gasteiger partial charge in [-0.25, -0.2) is 0 Å². The monoisotopic (exact) mass is 538 g/mol. The highest BCUT2D eigenvalue weighted by Gasteiger charge is 2.54. The molecule has 0 spiro atoms. The molecule has 6 aromatic carbocycles. The predicted molar refractivity (Wildman–Crippen MR) is 171 cm³/mol. The van der Waals surface area contributed by atoms with Gasteiger partial charge in [-0.3, -0.25) is 0 Å². The number of furan rings is 1. The molecule has 190 valence electrons. The Kier molecular flexibility index (Phi) is 4.07. The van der Waals surface area contributed by atoms with Gasteiger partial charge in [0, 0.05) is 25.9 Å². The molecule has 2 heterocycles. The quantitative estimate of drug-likeness (QED) is 0.213. The summed E-state index contributed by atoms with van der Waals surface area (Å²) in [6, 6.07) is 49.0. The van der Waals surface area contributed by atoms with Gasteiger partial charge in [0.1, 0.15) is 11.2 Å². The van der Waals surface area contributed by atoms with E-state index < -0.39 is 0 Å². The number of benzene rings is 6. The van der Waals surface area contributed by atoms with Crippen molar-refractivity contribution in [1.82, 2.24) is 0 Å². The first-order valence-electron chi connectivity index (χ1n) is 14.1. The van der Waals surface area contributed by atoms with E-state index in [1.54, 1.807) is 0 Å². The number of hydrogen-bond acceptors (Lipinski definition) is 2. The van der Waals surface area contributed by atoms with Crippen molar-refractivity contribution < 1.29 is 4.42 Å². The van der Waals surface area contributed by atoms with Crippen LogP contribution < -0.4 is 0 Å². The summed E-state index contributed by atoms with van der Waals surface area (Å²) >= 11 is 1.93. The fraction of sp³-hybridized carbons (Fsp3) is 0.0256. The molecule has 41 heavy (non-hydrogen) atoms. The molecule has 1 unspecified atom stereocenters. The summed E-state index contributed by atoms with van der Waals surface area (Å²) in [5.41, 5.74) is 13.5. The molecule has 2 aromatic heterocycles. The number of para-hydroxylation sites is 2. The summed E-state index contributed by atoms with van der Waals surface area (Å²) in [5, 5.41) is 3.68. The topological polar surface area (TPSA) is 13.1 Å². The summed E-state index contributed by atoms with van der Waals surface area (Å²) in [6.45, 7) is 0. The normalized spacial score (nSPS) is 16.4. The molecular weight excluding hydrogens is 516 g/mol. The zero-order valence-electron chi connectivity index (χ0n) is 22.0. The van der Waals surface area contributed by atoms with Crippen molar-refractivity contribution in [1.29, 1.82) is 0 Å². The Morgan fingerprint density at radius 3 is 2.20 bits per heavy atom. The van der Waals surface area contributed by atoms with Crippen LogP contribution in [0.4, 0.5) is 0 Å². The molecule has 1 atom stereocenters. The van der Waals surface area contributed by atoms with Crippen LogP contribution in [-0.2, 0) is 5.41 Å². The maximum absolute atomic E-state index is 6.48. The van der Waals surface area contributed by atoms with Crippen molar-refractivity contribution in [3.63, 3.8) is 0 Å². The molecule has 2 aliphatic carbocycles. The van der Waals surface area contributed by atoms with Gasteiger partial charge >= 0.3 is 0 Å². The van der Waals surface area contributed by atoms with Crippen LogP contribution >= 0.6 is 11.3 Å². The molecule has 10 rings (SSSR count). The van der Waals surface area contributed by atoms with Crippen LogP contribution in [0.1, 0.15) is 22.3 Å². The van der Waals surface area contributed by atoms with Crippen molar-refractivity contribution in [2.45, 2.75) is 5.41 Å². The zero-order chi connectivity index (χ0) is 26.7. The van der Waals surface area contributed by atoms with Crippen LogP contribution in [0.5, 0.6) is 0 Å². The molecule has 0 saturated heterocycles. The fourth-order valence-electron chi connectivity index (χ4n) is 7.76. The van der Waals surface area contributed by atoms with E-state index in [1.165, 1.54) is 59.5 Å². The lowest BCUT2D eigenvalue weighted by Crippen LogP contribution is -2.26. The highest BCUT2D eigenvalue weighted by atomic mass is 32.1. The minimum atomic E-state index is -0.366. The molecule has 0 aliphatic heterocycles. The van der Waals surface area contributed by atoms with E-state index in [-0.39, 0.29) is 5.41 Å². The van der Waals surface area contributed by atoms with Gasteiger partial charge in [-0.05, 0) is 68.1 Å². The molecule has 2 heteroatoms. The van der Waals surface area contributed by atoms with Gasteiger partial charge in [-0.15, -0.1) is 11.3 Å². The molecule has 0 bridgehead atoms. The van der Waals surface area contributed by atoms with Crippen molar-refractivity contribution in [3.8, 4) is 32.7 Å². The molecule has 0 saturated carbocycles. The Bertz CT molecular complexity index is 2390. The van der Waals surface area contributed by atoms with Crippen LogP contribution in [0.3, 0.4) is 0 Å². The van der Waals surface area contributed by atoms with Gasteiger partial charge in [-0.1, -0.05) is 115 Å². The van der Waals surface area contributed by atoms with Gasteiger partial charge in [0.15, 0.2) is 0 Å². The fourth-order valence-corrected chi connectivity index (χ4v) is 9.05. The van der Waals surface area contributed by atoms with E-state index >= 15 is 0 Å².